The number of nitrogens with one attached hydrogen (secondary N) is 1. The number of carbonyl (C=O) groups excluding carboxylic acids is 2. The monoisotopic (exact) mass is 698 g/mol. The molecular weight excluding hydrogens is 671 g/mol. The molecule has 0 saturated heterocycles. The van der Waals surface area contributed by atoms with Crippen LogP contribution in [0.1, 0.15) is 51.4 Å². The Bertz CT molecular complexity index is 2110. The summed E-state index contributed by atoms with van der Waals surface area (Å²) in [5.41, 5.74) is 4.29. The Morgan fingerprint density at radius 3 is 2.43 bits per heavy atom. The van der Waals surface area contributed by atoms with Gasteiger partial charge in [-0.2, -0.15) is 0 Å². The molecule has 3 aromatic heterocycles. The van der Waals surface area contributed by atoms with Crippen molar-refractivity contribution in [3.05, 3.63) is 129 Å². The summed E-state index contributed by atoms with van der Waals surface area (Å²) in [7, 11) is 0. The highest BCUT2D eigenvalue weighted by Gasteiger charge is 2.33. The lowest BCUT2D eigenvalue weighted by Crippen LogP contribution is -2.46. The minimum Gasteiger partial charge on any atom is -0.348 e. The van der Waals surface area contributed by atoms with Crippen molar-refractivity contribution in [3.63, 3.8) is 0 Å². The van der Waals surface area contributed by atoms with Crippen molar-refractivity contribution in [2.45, 2.75) is 44.3 Å². The Labute approximate surface area is 291 Å². The number of hydrogen-bond donors (Lipinski definition) is 1. The van der Waals surface area contributed by atoms with Crippen molar-refractivity contribution in [2.75, 3.05) is 0 Å². The Morgan fingerprint density at radius 1 is 0.830 bits per heavy atom. The first-order chi connectivity index (χ1) is 22.9. The molecule has 236 valence electrons. The third-order valence-corrected chi connectivity index (χ3v) is 11.4. The Hall–Kier alpha value is -4.01. The Balaban J connectivity index is 1.13. The lowest BCUT2D eigenvalue weighted by Gasteiger charge is -2.37. The molecule has 7 rings (SSSR count). The number of benzene rings is 3. The maximum absolute atomic E-state index is 14.4. The third-order valence-electron chi connectivity index (χ3n) is 8.74. The fraction of sp³-hybridized carbons (Fsp3) is 0.189. The van der Waals surface area contributed by atoms with E-state index in [-0.39, 0.29) is 23.9 Å². The summed E-state index contributed by atoms with van der Waals surface area (Å²) in [4.78, 5) is 38.7. The summed E-state index contributed by atoms with van der Waals surface area (Å²) in [5.74, 6) is -0.335. The molecule has 6 nitrogen and oxygen atoms in total. The van der Waals surface area contributed by atoms with E-state index in [2.05, 4.69) is 27.4 Å². The zero-order valence-electron chi connectivity index (χ0n) is 25.1. The standard InChI is InChI=1S/C37H29Cl3N4O2S/c38-29-14-13-28-32(39)35(47-34(28)33(29)40)37(46)44(21-22-4-3-6-25(20-22)23-16-18-41-19-17-23)27-11-9-26(10-12-27)42-36(45)31-15-8-24-5-1-2-7-30(24)43-31/h1-8,13-20,26-27H,9-12,21H2,(H,42,45). The topological polar surface area (TPSA) is 75.2 Å². The van der Waals surface area contributed by atoms with Crippen LogP contribution < -0.4 is 5.32 Å². The molecule has 1 N–H and O–H groups in total. The minimum absolute atomic E-state index is 0.0205. The molecule has 2 amide bonds. The van der Waals surface area contributed by atoms with Gasteiger partial charge in [0.05, 0.1) is 25.3 Å². The van der Waals surface area contributed by atoms with Crippen LogP contribution in [0.25, 0.3) is 32.1 Å². The van der Waals surface area contributed by atoms with Crippen molar-refractivity contribution < 1.29 is 9.59 Å². The summed E-state index contributed by atoms with van der Waals surface area (Å²) in [6, 6.07) is 27.0. The maximum atomic E-state index is 14.4. The zero-order valence-corrected chi connectivity index (χ0v) is 28.2. The normalized spacial score (nSPS) is 16.3. The molecule has 1 saturated carbocycles. The van der Waals surface area contributed by atoms with Gasteiger partial charge in [0.25, 0.3) is 11.8 Å². The SMILES string of the molecule is O=C(NC1CCC(N(Cc2cccc(-c3ccncc3)c2)C(=O)c2sc3c(Cl)c(Cl)ccc3c2Cl)CC1)c1ccc2ccccc2n1. The number of thiophene rings is 1. The predicted octanol–water partition coefficient (Wildman–Crippen LogP) is 9.86. The maximum Gasteiger partial charge on any atom is 0.270 e. The molecule has 3 heterocycles. The molecule has 0 atom stereocenters. The van der Waals surface area contributed by atoms with E-state index in [1.165, 1.54) is 11.3 Å². The van der Waals surface area contributed by atoms with Crippen molar-refractivity contribution >= 4 is 78.9 Å². The van der Waals surface area contributed by atoms with E-state index < -0.39 is 0 Å². The molecule has 0 spiro atoms. The zero-order chi connectivity index (χ0) is 32.5. The van der Waals surface area contributed by atoms with Gasteiger partial charge in [0.15, 0.2) is 0 Å². The van der Waals surface area contributed by atoms with Crippen LogP contribution in [-0.2, 0) is 6.54 Å². The molecule has 6 aromatic rings. The second kappa shape index (κ2) is 13.6. The Morgan fingerprint density at radius 2 is 1.62 bits per heavy atom. The van der Waals surface area contributed by atoms with Crippen LogP contribution in [0, 0.1) is 0 Å². The first kappa shape index (κ1) is 31.6. The number of pyridine rings is 2. The second-order valence-corrected chi connectivity index (χ2v) is 13.9. The molecule has 0 aliphatic heterocycles. The average molecular weight is 700 g/mol. The van der Waals surface area contributed by atoms with Crippen molar-refractivity contribution in [3.8, 4) is 11.1 Å². The number of hydrogen-bond acceptors (Lipinski definition) is 5. The fourth-order valence-corrected chi connectivity index (χ4v) is 8.27. The minimum atomic E-state index is -0.187. The highest BCUT2D eigenvalue weighted by molar-refractivity contribution is 7.22. The van der Waals surface area contributed by atoms with E-state index in [0.29, 0.717) is 42.3 Å². The number of nitrogens with zero attached hydrogens (tertiary/aromatic N) is 3. The van der Waals surface area contributed by atoms with Crippen LogP contribution in [0.4, 0.5) is 0 Å². The van der Waals surface area contributed by atoms with Crippen LogP contribution in [0.5, 0.6) is 0 Å². The second-order valence-electron chi connectivity index (χ2n) is 11.7. The predicted molar refractivity (Wildman–Crippen MR) is 192 cm³/mol. The number of rotatable bonds is 7. The summed E-state index contributed by atoms with van der Waals surface area (Å²) >= 11 is 20.9. The van der Waals surface area contributed by atoms with Gasteiger partial charge in [-0.15, -0.1) is 11.3 Å². The lowest BCUT2D eigenvalue weighted by atomic mass is 9.89. The third kappa shape index (κ3) is 6.58. The molecule has 0 unspecified atom stereocenters. The molecule has 0 bridgehead atoms. The molecule has 1 aliphatic rings. The number of amides is 2. The van der Waals surface area contributed by atoms with Gasteiger partial charge >= 0.3 is 0 Å². The molecule has 1 fully saturated rings. The van der Waals surface area contributed by atoms with Crippen LogP contribution in [0.3, 0.4) is 0 Å². The van der Waals surface area contributed by atoms with Gasteiger partial charge in [-0.1, -0.05) is 83.3 Å². The van der Waals surface area contributed by atoms with Crippen LogP contribution in [0.15, 0.2) is 97.3 Å². The number of fused-ring (bicyclic) bond motifs is 2. The van der Waals surface area contributed by atoms with Gasteiger partial charge in [-0.3, -0.25) is 14.6 Å². The number of aromatic nitrogens is 2. The highest BCUT2D eigenvalue weighted by Crippen LogP contribution is 2.43. The number of carbonyl (C=O) groups is 2. The van der Waals surface area contributed by atoms with Crippen molar-refractivity contribution in [1.82, 2.24) is 20.2 Å². The van der Waals surface area contributed by atoms with Gasteiger partial charge in [0, 0.05) is 41.8 Å². The quantitative estimate of drug-likeness (QED) is 0.180. The largest absolute Gasteiger partial charge is 0.348 e. The fourth-order valence-electron chi connectivity index (χ4n) is 6.28. The van der Waals surface area contributed by atoms with E-state index in [1.807, 2.05) is 59.5 Å². The molecule has 3 aromatic carbocycles. The molecule has 1 aliphatic carbocycles. The lowest BCUT2D eigenvalue weighted by molar-refractivity contribution is 0.0597. The van der Waals surface area contributed by atoms with Gasteiger partial charge in [0.1, 0.15) is 10.6 Å². The van der Waals surface area contributed by atoms with E-state index in [1.54, 1.807) is 30.6 Å². The molecular formula is C37H29Cl3N4O2S. The summed E-state index contributed by atoms with van der Waals surface area (Å²) in [6.45, 7) is 0.402. The van der Waals surface area contributed by atoms with Crippen molar-refractivity contribution in [2.24, 2.45) is 0 Å². The van der Waals surface area contributed by atoms with Gasteiger partial charge in [-0.25, -0.2) is 4.98 Å². The summed E-state index contributed by atoms with van der Waals surface area (Å²) in [5, 5.41) is 6.07. The van der Waals surface area contributed by atoms with Crippen LogP contribution >= 0.6 is 46.1 Å². The van der Waals surface area contributed by atoms with Gasteiger partial charge < -0.3 is 10.2 Å². The highest BCUT2D eigenvalue weighted by atomic mass is 35.5. The van der Waals surface area contributed by atoms with Gasteiger partial charge in [0.2, 0.25) is 0 Å². The van der Waals surface area contributed by atoms with Crippen LogP contribution in [-0.4, -0.2) is 38.8 Å². The van der Waals surface area contributed by atoms with E-state index in [0.717, 1.165) is 53.3 Å². The molecule has 0 radical (unpaired) electrons. The summed E-state index contributed by atoms with van der Waals surface area (Å²) in [6.07, 6.45) is 6.44. The summed E-state index contributed by atoms with van der Waals surface area (Å²) < 4.78 is 0.695. The van der Waals surface area contributed by atoms with E-state index in [4.69, 9.17) is 34.8 Å². The first-order valence-corrected chi connectivity index (χ1v) is 17.3. The smallest absolute Gasteiger partial charge is 0.270 e. The number of halogens is 3. The van der Waals surface area contributed by atoms with Crippen molar-refractivity contribution in [1.29, 1.82) is 0 Å². The van der Waals surface area contributed by atoms with Gasteiger partial charge in [-0.05, 0) is 78.8 Å². The van der Waals surface area contributed by atoms with E-state index in [9.17, 15) is 9.59 Å². The molecule has 10 heteroatoms. The average Bonchev–Trinajstić information content (AvgIpc) is 3.45. The Kier molecular flexibility index (Phi) is 9.15. The number of para-hydroxylation sites is 1. The first-order valence-electron chi connectivity index (χ1n) is 15.4. The van der Waals surface area contributed by atoms with Crippen LogP contribution in [0.2, 0.25) is 15.1 Å². The van der Waals surface area contributed by atoms with E-state index >= 15 is 0 Å². The molecule has 47 heavy (non-hydrogen) atoms.